The highest BCUT2D eigenvalue weighted by molar-refractivity contribution is 5.89. The number of carbonyl (C=O) groups is 1. The van der Waals surface area contributed by atoms with Gasteiger partial charge in [0.1, 0.15) is 0 Å². The highest BCUT2D eigenvalue weighted by atomic mass is 19.4. The third kappa shape index (κ3) is 3.59. The van der Waals surface area contributed by atoms with Crippen LogP contribution in [-0.2, 0) is 0 Å². The molecule has 0 aliphatic heterocycles. The molecule has 2 N–H and O–H groups in total. The first-order valence-electron chi connectivity index (χ1n) is 5.81. The summed E-state index contributed by atoms with van der Waals surface area (Å²) in [6, 6.07) is 5.58. The van der Waals surface area contributed by atoms with E-state index in [1.165, 1.54) is 24.3 Å². The van der Waals surface area contributed by atoms with Crippen LogP contribution >= 0.6 is 0 Å². The van der Waals surface area contributed by atoms with E-state index in [1.54, 1.807) is 6.07 Å². The number of anilines is 1. The van der Waals surface area contributed by atoms with Crippen molar-refractivity contribution >= 4 is 11.7 Å². The Bertz CT molecular complexity index is 469. The number of benzene rings is 1. The van der Waals surface area contributed by atoms with Crippen molar-refractivity contribution in [3.8, 4) is 0 Å². The fourth-order valence-corrected chi connectivity index (χ4v) is 1.67. The Kier molecular flexibility index (Phi) is 4.75. The van der Waals surface area contributed by atoms with Gasteiger partial charge in [0.2, 0.25) is 5.54 Å². The Morgan fingerprint density at radius 1 is 1.00 bits per heavy atom. The number of rotatable bonds is 3. The van der Waals surface area contributed by atoms with E-state index in [4.69, 9.17) is 0 Å². The minimum atomic E-state index is -5.67. The molecule has 2 amide bonds. The predicted molar refractivity (Wildman–Crippen MR) is 63.7 cm³/mol. The summed E-state index contributed by atoms with van der Waals surface area (Å²) in [4.78, 5) is 11.5. The lowest BCUT2D eigenvalue weighted by atomic mass is 9.94. The molecule has 0 aliphatic carbocycles. The third-order valence-electron chi connectivity index (χ3n) is 2.86. The molecule has 0 aliphatic rings. The summed E-state index contributed by atoms with van der Waals surface area (Å²) in [7, 11) is 0. The number of urea groups is 1. The number of para-hydroxylation sites is 1. The lowest BCUT2D eigenvalue weighted by molar-refractivity contribution is -0.304. The van der Waals surface area contributed by atoms with Gasteiger partial charge in [-0.15, -0.1) is 0 Å². The third-order valence-corrected chi connectivity index (χ3v) is 2.86. The molecule has 21 heavy (non-hydrogen) atoms. The molecule has 0 spiro atoms. The first kappa shape index (κ1) is 17.1. The van der Waals surface area contributed by atoms with Crippen LogP contribution < -0.4 is 10.6 Å². The van der Waals surface area contributed by atoms with Crippen LogP contribution in [0.3, 0.4) is 0 Å². The summed E-state index contributed by atoms with van der Waals surface area (Å²) < 4.78 is 76.8. The van der Waals surface area contributed by atoms with Crippen LogP contribution in [0.5, 0.6) is 0 Å². The van der Waals surface area contributed by atoms with E-state index in [0.717, 1.165) is 5.32 Å². The fraction of sp³-hybridized carbons (Fsp3) is 0.417. The number of carbonyl (C=O) groups excluding carboxylic acids is 1. The van der Waals surface area contributed by atoms with Gasteiger partial charge in [0, 0.05) is 5.69 Å². The van der Waals surface area contributed by atoms with Gasteiger partial charge in [-0.25, -0.2) is 4.79 Å². The van der Waals surface area contributed by atoms with Crippen LogP contribution in [0.1, 0.15) is 13.3 Å². The van der Waals surface area contributed by atoms with Crippen LogP contribution in [0.2, 0.25) is 0 Å². The number of amides is 2. The van der Waals surface area contributed by atoms with Crippen LogP contribution in [0.25, 0.3) is 0 Å². The zero-order valence-corrected chi connectivity index (χ0v) is 10.8. The standard InChI is InChI=1S/C12H12F6N2O/c1-2-10(11(13,14)15,12(16,17)18)20-9(21)19-8-6-4-3-5-7-8/h3-7H,2H2,1H3,(H2,19,20,21). The van der Waals surface area contributed by atoms with Crippen molar-refractivity contribution in [1.82, 2.24) is 5.32 Å². The Morgan fingerprint density at radius 2 is 1.48 bits per heavy atom. The van der Waals surface area contributed by atoms with Gasteiger partial charge in [-0.1, -0.05) is 25.1 Å². The average molecular weight is 314 g/mol. The molecule has 0 saturated heterocycles. The van der Waals surface area contributed by atoms with E-state index in [9.17, 15) is 31.1 Å². The lowest BCUT2D eigenvalue weighted by Crippen LogP contribution is -2.67. The molecule has 0 atom stereocenters. The van der Waals surface area contributed by atoms with Gasteiger partial charge >= 0.3 is 18.4 Å². The quantitative estimate of drug-likeness (QED) is 0.811. The minimum Gasteiger partial charge on any atom is -0.316 e. The fourth-order valence-electron chi connectivity index (χ4n) is 1.67. The monoisotopic (exact) mass is 314 g/mol. The normalized spacial score (nSPS) is 12.9. The van der Waals surface area contributed by atoms with Gasteiger partial charge in [0.05, 0.1) is 0 Å². The first-order valence-corrected chi connectivity index (χ1v) is 5.81. The van der Waals surface area contributed by atoms with Gasteiger partial charge in [-0.2, -0.15) is 26.3 Å². The minimum absolute atomic E-state index is 0.0735. The van der Waals surface area contributed by atoms with Gasteiger partial charge < -0.3 is 10.6 Å². The predicted octanol–water partition coefficient (Wildman–Crippen LogP) is 4.08. The first-order chi connectivity index (χ1) is 9.53. The molecule has 118 valence electrons. The smallest absolute Gasteiger partial charge is 0.316 e. The van der Waals surface area contributed by atoms with E-state index in [0.29, 0.717) is 6.92 Å². The number of hydrogen-bond donors (Lipinski definition) is 2. The Hall–Kier alpha value is -1.93. The molecule has 0 fully saturated rings. The summed E-state index contributed by atoms with van der Waals surface area (Å²) in [5, 5.41) is 2.93. The van der Waals surface area contributed by atoms with Crippen molar-refractivity contribution < 1.29 is 31.1 Å². The second kappa shape index (κ2) is 5.82. The molecule has 0 unspecified atom stereocenters. The van der Waals surface area contributed by atoms with E-state index >= 15 is 0 Å². The summed E-state index contributed by atoms with van der Waals surface area (Å²) in [5.41, 5.74) is -4.22. The zero-order chi connectivity index (χ0) is 16.3. The molecule has 3 nitrogen and oxygen atoms in total. The van der Waals surface area contributed by atoms with Crippen LogP contribution in [0.4, 0.5) is 36.8 Å². The van der Waals surface area contributed by atoms with Gasteiger partial charge in [0.25, 0.3) is 0 Å². The maximum Gasteiger partial charge on any atom is 0.420 e. The number of nitrogens with one attached hydrogen (secondary N) is 2. The highest BCUT2D eigenvalue weighted by Gasteiger charge is 2.70. The van der Waals surface area contributed by atoms with Crippen molar-refractivity contribution in [3.63, 3.8) is 0 Å². The second-order valence-electron chi connectivity index (χ2n) is 4.20. The maximum absolute atomic E-state index is 12.8. The average Bonchev–Trinajstić information content (AvgIpc) is 2.34. The molecule has 0 bridgehead atoms. The molecule has 1 aromatic rings. The molecule has 0 aromatic heterocycles. The van der Waals surface area contributed by atoms with Gasteiger partial charge in [-0.05, 0) is 18.6 Å². The van der Waals surface area contributed by atoms with Crippen LogP contribution in [-0.4, -0.2) is 23.9 Å². The summed E-state index contributed by atoms with van der Waals surface area (Å²) in [6.45, 7) is 0.698. The number of hydrogen-bond acceptors (Lipinski definition) is 1. The van der Waals surface area contributed by atoms with E-state index in [-0.39, 0.29) is 5.69 Å². The van der Waals surface area contributed by atoms with Crippen LogP contribution in [0.15, 0.2) is 30.3 Å². The van der Waals surface area contributed by atoms with Crippen LogP contribution in [0, 0.1) is 0 Å². The summed E-state index contributed by atoms with van der Waals surface area (Å²) in [5.74, 6) is 0. The summed E-state index contributed by atoms with van der Waals surface area (Å²) >= 11 is 0. The molecule has 9 heteroatoms. The Morgan fingerprint density at radius 3 is 1.86 bits per heavy atom. The molecule has 0 saturated carbocycles. The topological polar surface area (TPSA) is 41.1 Å². The Labute approximate surface area is 116 Å². The van der Waals surface area contributed by atoms with Crippen molar-refractivity contribution in [2.45, 2.75) is 31.2 Å². The number of halogens is 6. The molecular formula is C12H12F6N2O. The van der Waals surface area contributed by atoms with Gasteiger partial charge in [-0.3, -0.25) is 0 Å². The van der Waals surface area contributed by atoms with Crippen molar-refractivity contribution in [3.05, 3.63) is 30.3 Å². The molecule has 0 radical (unpaired) electrons. The molecule has 0 heterocycles. The lowest BCUT2D eigenvalue weighted by Gasteiger charge is -2.37. The van der Waals surface area contributed by atoms with Crippen molar-refractivity contribution in [2.24, 2.45) is 0 Å². The SMILES string of the molecule is CCC(NC(=O)Nc1ccccc1)(C(F)(F)F)C(F)(F)F. The number of alkyl halides is 6. The molecule has 1 rings (SSSR count). The van der Waals surface area contributed by atoms with Gasteiger partial charge in [0.15, 0.2) is 0 Å². The Balaban J connectivity index is 3.00. The highest BCUT2D eigenvalue weighted by Crippen LogP contribution is 2.45. The van der Waals surface area contributed by atoms with Crippen molar-refractivity contribution in [1.29, 1.82) is 0 Å². The van der Waals surface area contributed by atoms with E-state index < -0.39 is 30.3 Å². The van der Waals surface area contributed by atoms with Crippen molar-refractivity contribution in [2.75, 3.05) is 5.32 Å². The van der Waals surface area contributed by atoms with E-state index in [2.05, 4.69) is 0 Å². The summed E-state index contributed by atoms with van der Waals surface area (Å²) in [6.07, 6.45) is -12.7. The molecular weight excluding hydrogens is 302 g/mol. The molecule has 1 aromatic carbocycles. The largest absolute Gasteiger partial charge is 0.420 e. The zero-order valence-electron chi connectivity index (χ0n) is 10.8. The maximum atomic E-state index is 12.8. The van der Waals surface area contributed by atoms with E-state index in [1.807, 2.05) is 5.32 Å². The second-order valence-corrected chi connectivity index (χ2v) is 4.20.